The van der Waals surface area contributed by atoms with Crippen molar-refractivity contribution in [3.63, 3.8) is 0 Å². The van der Waals surface area contributed by atoms with E-state index >= 15 is 0 Å². The molecule has 0 spiro atoms. The summed E-state index contributed by atoms with van der Waals surface area (Å²) in [5.41, 5.74) is 2.99. The van der Waals surface area contributed by atoms with Crippen molar-refractivity contribution in [2.24, 2.45) is 9.98 Å². The molecular weight excluding hydrogens is 446 g/mol. The molecule has 1 unspecified atom stereocenters. The molecule has 1 aliphatic heterocycles. The lowest BCUT2D eigenvalue weighted by Crippen LogP contribution is -2.30. The van der Waals surface area contributed by atoms with Gasteiger partial charge < -0.3 is 15.0 Å². The van der Waals surface area contributed by atoms with Crippen molar-refractivity contribution in [2.45, 2.75) is 50.7 Å². The topological polar surface area (TPSA) is 79.4 Å². The van der Waals surface area contributed by atoms with Crippen LogP contribution in [0.15, 0.2) is 45.5 Å². The van der Waals surface area contributed by atoms with Gasteiger partial charge in [0, 0.05) is 43.1 Å². The average molecular weight is 481 g/mol. The van der Waals surface area contributed by atoms with E-state index in [0.29, 0.717) is 24.9 Å². The van der Waals surface area contributed by atoms with E-state index in [4.69, 9.17) is 11.3 Å². The summed E-state index contributed by atoms with van der Waals surface area (Å²) in [5.74, 6) is 1.69. The summed E-state index contributed by atoms with van der Waals surface area (Å²) >= 11 is 1.67. The maximum Gasteiger partial charge on any atom is 0.311 e. The van der Waals surface area contributed by atoms with Gasteiger partial charge in [0.2, 0.25) is 0 Å². The molecule has 9 heteroatoms. The largest absolute Gasteiger partial charge is 0.459 e. The van der Waals surface area contributed by atoms with Gasteiger partial charge in [-0.15, -0.1) is 11.8 Å². The Morgan fingerprint density at radius 3 is 2.88 bits per heavy atom. The SMILES string of the molecule is C#[N+]C(CN=C(N=CC)OCc1ccnc(N2CCCCC2)c1)CSc1cc(C)ncc1NC. The number of pyridine rings is 2. The van der Waals surface area contributed by atoms with E-state index in [9.17, 15) is 0 Å². The molecule has 180 valence electrons. The normalized spacial score (nSPS) is 15.2. The van der Waals surface area contributed by atoms with Gasteiger partial charge in [-0.3, -0.25) is 4.98 Å². The number of thioether (sulfide) groups is 1. The number of anilines is 2. The number of aryl methyl sites for hydroxylation is 1. The van der Waals surface area contributed by atoms with E-state index < -0.39 is 0 Å². The zero-order chi connectivity index (χ0) is 24.2. The summed E-state index contributed by atoms with van der Waals surface area (Å²) in [4.78, 5) is 25.1. The smallest absolute Gasteiger partial charge is 0.311 e. The number of ether oxygens (including phenoxy) is 1. The second-order valence-electron chi connectivity index (χ2n) is 8.05. The van der Waals surface area contributed by atoms with Gasteiger partial charge in [0.25, 0.3) is 6.57 Å². The van der Waals surface area contributed by atoms with E-state index in [0.717, 1.165) is 40.7 Å². The van der Waals surface area contributed by atoms with Crippen LogP contribution in [0.4, 0.5) is 11.5 Å². The van der Waals surface area contributed by atoms with Gasteiger partial charge in [-0.05, 0) is 56.9 Å². The van der Waals surface area contributed by atoms with Crippen molar-refractivity contribution in [1.29, 1.82) is 0 Å². The Kier molecular flexibility index (Phi) is 10.2. The van der Waals surface area contributed by atoms with Gasteiger partial charge in [0.1, 0.15) is 19.0 Å². The maximum absolute atomic E-state index is 5.92. The third-order valence-electron chi connectivity index (χ3n) is 5.45. The lowest BCUT2D eigenvalue weighted by atomic mass is 10.1. The fraction of sp³-hybridized carbons (Fsp3) is 0.480. The third-order valence-corrected chi connectivity index (χ3v) is 6.65. The minimum atomic E-state index is -0.166. The van der Waals surface area contributed by atoms with Gasteiger partial charge in [0.05, 0.1) is 17.6 Å². The van der Waals surface area contributed by atoms with Gasteiger partial charge >= 0.3 is 12.1 Å². The number of rotatable bonds is 9. The van der Waals surface area contributed by atoms with Crippen LogP contribution >= 0.6 is 11.8 Å². The van der Waals surface area contributed by atoms with Crippen molar-refractivity contribution < 1.29 is 4.74 Å². The number of aromatic nitrogens is 2. The molecule has 1 N–H and O–H groups in total. The molecule has 0 saturated carbocycles. The molecule has 0 amide bonds. The highest BCUT2D eigenvalue weighted by molar-refractivity contribution is 7.99. The van der Waals surface area contributed by atoms with Crippen molar-refractivity contribution in [1.82, 2.24) is 9.97 Å². The number of aliphatic imine (C=N–C) groups is 2. The Hall–Kier alpha value is -3.12. The first-order valence-electron chi connectivity index (χ1n) is 11.7. The van der Waals surface area contributed by atoms with E-state index in [1.807, 2.05) is 39.4 Å². The van der Waals surface area contributed by atoms with Crippen LogP contribution in [0.25, 0.3) is 4.85 Å². The molecule has 1 atom stereocenters. The first kappa shape index (κ1) is 25.5. The predicted octanol–water partition coefficient (Wildman–Crippen LogP) is 4.90. The molecule has 2 aromatic heterocycles. The monoisotopic (exact) mass is 480 g/mol. The third kappa shape index (κ3) is 7.73. The van der Waals surface area contributed by atoms with Crippen LogP contribution in [0.3, 0.4) is 0 Å². The summed E-state index contributed by atoms with van der Waals surface area (Å²) in [5, 5.41) is 3.17. The number of amidine groups is 1. The molecule has 0 bridgehead atoms. The van der Waals surface area contributed by atoms with Gasteiger partial charge in [-0.2, -0.15) is 0 Å². The molecule has 1 fully saturated rings. The second kappa shape index (κ2) is 13.6. The molecule has 8 nitrogen and oxygen atoms in total. The molecule has 0 aromatic carbocycles. The molecule has 0 aliphatic carbocycles. The maximum atomic E-state index is 5.92. The Balaban J connectivity index is 1.58. The van der Waals surface area contributed by atoms with Crippen molar-refractivity contribution in [2.75, 3.05) is 42.7 Å². The number of hydrogen-bond donors (Lipinski definition) is 1. The molecule has 2 aromatic rings. The number of nitrogens with zero attached hydrogens (tertiary/aromatic N) is 6. The van der Waals surface area contributed by atoms with Crippen molar-refractivity contribution in [3.05, 3.63) is 46.7 Å². The summed E-state index contributed by atoms with van der Waals surface area (Å²) in [6.45, 7) is 12.4. The Bertz CT molecular complexity index is 1030. The van der Waals surface area contributed by atoms with Crippen LogP contribution in [-0.4, -0.2) is 60.7 Å². The fourth-order valence-electron chi connectivity index (χ4n) is 3.58. The van der Waals surface area contributed by atoms with Crippen LogP contribution in [0.1, 0.15) is 37.4 Å². The van der Waals surface area contributed by atoms with Crippen LogP contribution in [0.2, 0.25) is 0 Å². The van der Waals surface area contributed by atoms with E-state index in [1.54, 1.807) is 18.0 Å². The highest BCUT2D eigenvalue weighted by atomic mass is 32.2. The molecule has 0 radical (unpaired) electrons. The van der Waals surface area contributed by atoms with Crippen molar-refractivity contribution in [3.8, 4) is 6.57 Å². The van der Waals surface area contributed by atoms with Crippen LogP contribution < -0.4 is 10.2 Å². The lowest BCUT2D eigenvalue weighted by molar-refractivity contribution is 0.286. The highest BCUT2D eigenvalue weighted by Crippen LogP contribution is 2.28. The van der Waals surface area contributed by atoms with Crippen LogP contribution in [0, 0.1) is 13.5 Å². The van der Waals surface area contributed by atoms with Crippen molar-refractivity contribution >= 4 is 35.5 Å². The Labute approximate surface area is 206 Å². The summed E-state index contributed by atoms with van der Waals surface area (Å²) in [7, 11) is 1.89. The molecule has 3 rings (SSSR count). The van der Waals surface area contributed by atoms with Gasteiger partial charge in [0.15, 0.2) is 0 Å². The predicted molar refractivity (Wildman–Crippen MR) is 143 cm³/mol. The molecule has 1 aliphatic rings. The molecular formula is C25H34N7OS+. The number of hydrogen-bond acceptors (Lipinski definition) is 7. The molecule has 34 heavy (non-hydrogen) atoms. The lowest BCUT2D eigenvalue weighted by Gasteiger charge is -2.27. The molecule has 1 saturated heterocycles. The zero-order valence-electron chi connectivity index (χ0n) is 20.3. The average Bonchev–Trinajstić information content (AvgIpc) is 2.88. The van der Waals surface area contributed by atoms with Gasteiger partial charge in [-0.1, -0.05) is 4.85 Å². The second-order valence-corrected chi connectivity index (χ2v) is 9.12. The number of nitrogens with one attached hydrogen (secondary N) is 1. The summed E-state index contributed by atoms with van der Waals surface area (Å²) in [6.07, 6.45) is 9.07. The summed E-state index contributed by atoms with van der Waals surface area (Å²) < 4.78 is 5.92. The fourth-order valence-corrected chi connectivity index (χ4v) is 4.71. The van der Waals surface area contributed by atoms with E-state index in [-0.39, 0.29) is 6.04 Å². The van der Waals surface area contributed by atoms with E-state index in [2.05, 4.69) is 47.1 Å². The van der Waals surface area contributed by atoms with E-state index in [1.165, 1.54) is 19.3 Å². The molecule has 3 heterocycles. The minimum absolute atomic E-state index is 0.166. The Morgan fingerprint density at radius 2 is 2.15 bits per heavy atom. The van der Waals surface area contributed by atoms with Crippen LogP contribution in [-0.2, 0) is 11.3 Å². The number of piperidine rings is 1. The summed E-state index contributed by atoms with van der Waals surface area (Å²) in [6, 6.07) is 6.26. The highest BCUT2D eigenvalue weighted by Gasteiger charge is 2.19. The zero-order valence-corrected chi connectivity index (χ0v) is 21.1. The Morgan fingerprint density at radius 1 is 1.32 bits per heavy atom. The first-order valence-corrected chi connectivity index (χ1v) is 12.6. The minimum Gasteiger partial charge on any atom is -0.459 e. The quantitative estimate of drug-likeness (QED) is 0.312. The first-order chi connectivity index (χ1) is 16.6. The standard InChI is InChI=1S/C25H34N7OS/c1-5-28-25(33-17-20-9-10-29-24(14-20)32-11-7-6-8-12-32)31-15-21(26-3)18-34-23-13-19(2)30-16-22(23)27-4/h3,5,9-10,13-14,16,21,27H,6-8,11-12,15,17-18H2,1-2,4H3/q+1. The van der Waals surface area contributed by atoms with Gasteiger partial charge in [-0.25, -0.2) is 15.0 Å². The van der Waals surface area contributed by atoms with Crippen LogP contribution in [0.5, 0.6) is 0 Å².